The Morgan fingerprint density at radius 3 is 2.48 bits per heavy atom. The zero-order chi connectivity index (χ0) is 18.4. The van der Waals surface area contributed by atoms with Crippen LogP contribution in [0.5, 0.6) is 5.75 Å². The Morgan fingerprint density at radius 1 is 1.28 bits per heavy atom. The lowest BCUT2D eigenvalue weighted by Crippen LogP contribution is -2.30. The van der Waals surface area contributed by atoms with E-state index in [9.17, 15) is 23.1 Å². The number of primary sulfonamides is 1. The molecule has 8 nitrogen and oxygen atoms in total. The van der Waals surface area contributed by atoms with Crippen molar-refractivity contribution >= 4 is 21.9 Å². The minimum atomic E-state index is -3.97. The second-order valence-corrected chi connectivity index (χ2v) is 8.12. The third-order valence-corrected chi connectivity index (χ3v) is 5.84. The first kappa shape index (κ1) is 17.7. The van der Waals surface area contributed by atoms with Gasteiger partial charge in [0.15, 0.2) is 0 Å². The first-order valence-electron chi connectivity index (χ1n) is 7.95. The molecule has 1 aliphatic heterocycles. The van der Waals surface area contributed by atoms with E-state index in [1.54, 1.807) is 0 Å². The van der Waals surface area contributed by atoms with Gasteiger partial charge in [0.05, 0.1) is 23.5 Å². The van der Waals surface area contributed by atoms with Gasteiger partial charge in [-0.15, -0.1) is 0 Å². The highest BCUT2D eigenvalue weighted by atomic mass is 32.2. The minimum absolute atomic E-state index is 0.0612. The molecule has 1 saturated carbocycles. The van der Waals surface area contributed by atoms with Crippen LogP contribution in [0.2, 0.25) is 0 Å². The van der Waals surface area contributed by atoms with Crippen molar-refractivity contribution < 1.29 is 27.9 Å². The second kappa shape index (κ2) is 6.30. The van der Waals surface area contributed by atoms with Gasteiger partial charge in [-0.25, -0.2) is 13.6 Å². The topological polar surface area (TPSA) is 127 Å². The fraction of sp³-hybridized carbons (Fsp3) is 0.500. The van der Waals surface area contributed by atoms with E-state index in [1.807, 2.05) is 0 Å². The molecule has 2 atom stereocenters. The predicted octanol–water partition coefficient (Wildman–Crippen LogP) is 0.525. The number of amides is 1. The average Bonchev–Trinajstić information content (AvgIpc) is 3.30. The van der Waals surface area contributed by atoms with Gasteiger partial charge in [-0.2, -0.15) is 0 Å². The maximum Gasteiger partial charge on any atom is 0.308 e. The fourth-order valence-corrected chi connectivity index (χ4v) is 4.00. The molecular weight excluding hydrogens is 348 g/mol. The molecule has 0 unspecified atom stereocenters. The van der Waals surface area contributed by atoms with Crippen molar-refractivity contribution in [1.82, 2.24) is 4.90 Å². The maximum atomic E-state index is 12.9. The lowest BCUT2D eigenvalue weighted by molar-refractivity contribution is -0.142. The largest absolute Gasteiger partial charge is 0.496 e. The summed E-state index contributed by atoms with van der Waals surface area (Å²) in [6.45, 7) is 0.460. The average molecular weight is 368 g/mol. The predicted molar refractivity (Wildman–Crippen MR) is 87.6 cm³/mol. The highest BCUT2D eigenvalue weighted by Crippen LogP contribution is 2.44. The molecule has 1 aromatic carbocycles. The Bertz CT molecular complexity index is 818. The molecule has 25 heavy (non-hydrogen) atoms. The zero-order valence-corrected chi connectivity index (χ0v) is 14.5. The molecule has 136 valence electrons. The summed E-state index contributed by atoms with van der Waals surface area (Å²) >= 11 is 0. The Morgan fingerprint density at radius 2 is 1.96 bits per heavy atom. The molecule has 0 bridgehead atoms. The van der Waals surface area contributed by atoms with Gasteiger partial charge in [-0.3, -0.25) is 9.59 Å². The number of sulfonamides is 1. The molecule has 1 saturated heterocycles. The minimum Gasteiger partial charge on any atom is -0.496 e. The van der Waals surface area contributed by atoms with E-state index in [-0.39, 0.29) is 28.7 Å². The number of aliphatic carboxylic acids is 1. The first-order valence-corrected chi connectivity index (χ1v) is 9.50. The first-order chi connectivity index (χ1) is 11.7. The molecular formula is C16H20N2O6S. The number of methoxy groups -OCH3 is 1. The number of benzene rings is 1. The number of ether oxygens (including phenoxy) is 1. The van der Waals surface area contributed by atoms with Crippen LogP contribution < -0.4 is 9.88 Å². The summed E-state index contributed by atoms with van der Waals surface area (Å²) in [6, 6.07) is 3.81. The van der Waals surface area contributed by atoms with Crippen molar-refractivity contribution in [2.24, 2.45) is 22.9 Å². The molecule has 1 heterocycles. The highest BCUT2D eigenvalue weighted by molar-refractivity contribution is 7.89. The SMILES string of the molecule is COc1ccc(S(N)(=O)=O)cc1C(=O)N1C[C@H](C(=O)O)[C@@H](C2CC2)C1. The Balaban J connectivity index is 1.91. The van der Waals surface area contributed by atoms with Gasteiger partial charge in [0.1, 0.15) is 5.75 Å². The van der Waals surface area contributed by atoms with Crippen LogP contribution in [0.3, 0.4) is 0 Å². The van der Waals surface area contributed by atoms with E-state index >= 15 is 0 Å². The van der Waals surface area contributed by atoms with Crippen molar-refractivity contribution in [1.29, 1.82) is 0 Å². The number of rotatable bonds is 5. The number of nitrogens with zero attached hydrogens (tertiary/aromatic N) is 1. The summed E-state index contributed by atoms with van der Waals surface area (Å²) < 4.78 is 28.3. The Hall–Kier alpha value is -2.13. The summed E-state index contributed by atoms with van der Waals surface area (Å²) in [5.41, 5.74) is 0.0645. The molecule has 1 aromatic rings. The maximum absolute atomic E-state index is 12.9. The lowest BCUT2D eigenvalue weighted by Gasteiger charge is -2.18. The van der Waals surface area contributed by atoms with Crippen molar-refractivity contribution in [3.05, 3.63) is 23.8 Å². The summed E-state index contributed by atoms with van der Waals surface area (Å²) in [5, 5.41) is 14.6. The molecule has 2 aliphatic rings. The zero-order valence-electron chi connectivity index (χ0n) is 13.7. The van der Waals surface area contributed by atoms with Crippen molar-refractivity contribution in [2.75, 3.05) is 20.2 Å². The van der Waals surface area contributed by atoms with E-state index in [0.717, 1.165) is 12.8 Å². The third kappa shape index (κ3) is 3.47. The summed E-state index contributed by atoms with van der Waals surface area (Å²) in [6.07, 6.45) is 1.97. The van der Waals surface area contributed by atoms with Crippen LogP contribution in [0.25, 0.3) is 0 Å². The number of likely N-dealkylation sites (tertiary alicyclic amines) is 1. The van der Waals surface area contributed by atoms with Gasteiger partial charge in [-0.1, -0.05) is 0 Å². The number of carbonyl (C=O) groups excluding carboxylic acids is 1. The number of nitrogens with two attached hydrogens (primary N) is 1. The van der Waals surface area contributed by atoms with Crippen LogP contribution in [-0.2, 0) is 14.8 Å². The fourth-order valence-electron chi connectivity index (χ4n) is 3.46. The molecule has 2 fully saturated rings. The van der Waals surface area contributed by atoms with Gasteiger partial charge in [0.2, 0.25) is 10.0 Å². The number of hydrogen-bond donors (Lipinski definition) is 2. The van der Waals surface area contributed by atoms with Gasteiger partial charge in [0, 0.05) is 13.1 Å². The molecule has 0 aromatic heterocycles. The molecule has 3 rings (SSSR count). The molecule has 0 radical (unpaired) electrons. The molecule has 1 amide bonds. The molecule has 0 spiro atoms. The summed E-state index contributed by atoms with van der Waals surface area (Å²) in [5.74, 6) is -1.44. The smallest absolute Gasteiger partial charge is 0.308 e. The van der Waals surface area contributed by atoms with E-state index in [2.05, 4.69) is 0 Å². The molecule has 1 aliphatic carbocycles. The molecule has 3 N–H and O–H groups in total. The van der Waals surface area contributed by atoms with Crippen LogP contribution in [0.4, 0.5) is 0 Å². The van der Waals surface area contributed by atoms with Crippen molar-refractivity contribution in [3.63, 3.8) is 0 Å². The second-order valence-electron chi connectivity index (χ2n) is 6.56. The summed E-state index contributed by atoms with van der Waals surface area (Å²) in [7, 11) is -2.59. The van der Waals surface area contributed by atoms with Crippen LogP contribution >= 0.6 is 0 Å². The number of carbonyl (C=O) groups is 2. The van der Waals surface area contributed by atoms with Crippen LogP contribution in [-0.4, -0.2) is 50.5 Å². The number of carboxylic acids is 1. The van der Waals surface area contributed by atoms with Gasteiger partial charge >= 0.3 is 5.97 Å². The normalized spacial score (nSPS) is 23.5. The standard InChI is InChI=1S/C16H20N2O6S/c1-24-14-5-4-10(25(17,22)23)6-11(14)15(19)18-7-12(9-2-3-9)13(8-18)16(20)21/h4-6,9,12-13H,2-3,7-8H2,1H3,(H,20,21)(H2,17,22,23)/t12-,13+/m1/s1. The Kier molecular flexibility index (Phi) is 4.46. The van der Waals surface area contributed by atoms with Crippen molar-refractivity contribution in [3.8, 4) is 5.75 Å². The number of hydrogen-bond acceptors (Lipinski definition) is 5. The van der Waals surface area contributed by atoms with E-state index in [1.165, 1.54) is 30.2 Å². The quantitative estimate of drug-likeness (QED) is 0.780. The van der Waals surface area contributed by atoms with Crippen LogP contribution in [0.1, 0.15) is 23.2 Å². The van der Waals surface area contributed by atoms with E-state index in [4.69, 9.17) is 9.88 Å². The third-order valence-electron chi connectivity index (χ3n) is 4.93. The van der Waals surface area contributed by atoms with Gasteiger partial charge in [0.25, 0.3) is 5.91 Å². The van der Waals surface area contributed by atoms with Crippen LogP contribution in [0, 0.1) is 17.8 Å². The van der Waals surface area contributed by atoms with Crippen molar-refractivity contribution in [2.45, 2.75) is 17.7 Å². The molecule has 9 heteroatoms. The van der Waals surface area contributed by atoms with E-state index in [0.29, 0.717) is 12.5 Å². The van der Waals surface area contributed by atoms with E-state index < -0.39 is 27.8 Å². The Labute approximate surface area is 145 Å². The highest BCUT2D eigenvalue weighted by Gasteiger charge is 2.47. The summed E-state index contributed by atoms with van der Waals surface area (Å²) in [4.78, 5) is 25.7. The number of carboxylic acid groups (broad SMARTS) is 1. The van der Waals surface area contributed by atoms with Crippen LogP contribution in [0.15, 0.2) is 23.1 Å². The van der Waals surface area contributed by atoms with Gasteiger partial charge in [-0.05, 0) is 42.9 Å². The monoisotopic (exact) mass is 368 g/mol. The lowest BCUT2D eigenvalue weighted by atomic mass is 9.92. The van der Waals surface area contributed by atoms with Gasteiger partial charge < -0.3 is 14.7 Å².